The maximum absolute atomic E-state index is 11.1. The normalized spacial score (nSPS) is 49.2. The Morgan fingerprint density at radius 2 is 1.97 bits per heavy atom. The van der Waals surface area contributed by atoms with Gasteiger partial charge in [0.1, 0.15) is 0 Å². The van der Waals surface area contributed by atoms with Crippen LogP contribution in [0.3, 0.4) is 0 Å². The summed E-state index contributed by atoms with van der Waals surface area (Å²) in [6.07, 6.45) is 13.2. The molecule has 30 heavy (non-hydrogen) atoms. The van der Waals surface area contributed by atoms with E-state index in [0.717, 1.165) is 48.3 Å². The van der Waals surface area contributed by atoms with Crippen LogP contribution in [0.15, 0.2) is 16.8 Å². The zero-order valence-electron chi connectivity index (χ0n) is 20.3. The molecule has 3 saturated carbocycles. The highest BCUT2D eigenvalue weighted by Crippen LogP contribution is 2.67. The van der Waals surface area contributed by atoms with E-state index in [4.69, 9.17) is 4.74 Å². The van der Waals surface area contributed by atoms with Crippen LogP contribution in [0.1, 0.15) is 92.9 Å². The smallest absolute Gasteiger partial charge is 0.0957 e. The number of fused-ring (bicyclic) bond motifs is 7. The molecule has 0 spiro atoms. The maximum atomic E-state index is 11.1. The van der Waals surface area contributed by atoms with Gasteiger partial charge in [0.05, 0.1) is 18.2 Å². The molecule has 0 aromatic heterocycles. The van der Waals surface area contributed by atoms with Crippen molar-refractivity contribution < 1.29 is 4.74 Å². The molecule has 170 valence electrons. The molecule has 3 nitrogen and oxygen atoms in total. The molecule has 5 aliphatic rings. The second-order valence-corrected chi connectivity index (χ2v) is 11.6. The second kappa shape index (κ2) is 8.68. The van der Waals surface area contributed by atoms with Gasteiger partial charge in [-0.2, -0.15) is 4.91 Å². The van der Waals surface area contributed by atoms with E-state index in [1.54, 1.807) is 5.57 Å². The SMILES string of the molecule is CC.CC(C)CC1OC2CC3C4CC=C5CC(N=O)CCC5C4CCC3(C)C2C1C. The summed E-state index contributed by atoms with van der Waals surface area (Å²) in [5, 5.41) is 3.37. The van der Waals surface area contributed by atoms with Gasteiger partial charge >= 0.3 is 0 Å². The number of rotatable bonds is 3. The third kappa shape index (κ3) is 3.51. The Kier molecular flexibility index (Phi) is 6.51. The van der Waals surface area contributed by atoms with E-state index in [9.17, 15) is 4.91 Å². The Morgan fingerprint density at radius 3 is 2.67 bits per heavy atom. The largest absolute Gasteiger partial charge is 0.374 e. The summed E-state index contributed by atoms with van der Waals surface area (Å²) in [5.74, 6) is 5.48. The van der Waals surface area contributed by atoms with Gasteiger partial charge in [0, 0.05) is 0 Å². The van der Waals surface area contributed by atoms with Crippen molar-refractivity contribution in [1.29, 1.82) is 0 Å². The van der Waals surface area contributed by atoms with Gasteiger partial charge in [-0.15, -0.1) is 0 Å². The molecule has 0 N–H and O–H groups in total. The average Bonchev–Trinajstić information content (AvgIpc) is 3.21. The van der Waals surface area contributed by atoms with Gasteiger partial charge in [-0.3, -0.25) is 0 Å². The first-order valence-corrected chi connectivity index (χ1v) is 13.1. The van der Waals surface area contributed by atoms with Gasteiger partial charge in [-0.1, -0.05) is 58.4 Å². The van der Waals surface area contributed by atoms with Crippen molar-refractivity contribution in [2.75, 3.05) is 0 Å². The van der Waals surface area contributed by atoms with Crippen LogP contribution < -0.4 is 0 Å². The van der Waals surface area contributed by atoms with Gasteiger partial charge in [0.25, 0.3) is 0 Å². The third-order valence-electron chi connectivity index (χ3n) is 9.86. The highest BCUT2D eigenvalue weighted by atomic mass is 16.5. The van der Waals surface area contributed by atoms with Gasteiger partial charge < -0.3 is 4.74 Å². The second-order valence-electron chi connectivity index (χ2n) is 11.6. The number of hydrogen-bond donors (Lipinski definition) is 0. The van der Waals surface area contributed by atoms with Crippen LogP contribution >= 0.6 is 0 Å². The average molecular weight is 416 g/mol. The third-order valence-corrected chi connectivity index (χ3v) is 9.86. The van der Waals surface area contributed by atoms with Crippen molar-refractivity contribution in [3.05, 3.63) is 16.6 Å². The fraction of sp³-hybridized carbons (Fsp3) is 0.926. The van der Waals surface area contributed by atoms with E-state index in [1.165, 1.54) is 38.5 Å². The van der Waals surface area contributed by atoms with Gasteiger partial charge in [0.15, 0.2) is 0 Å². The van der Waals surface area contributed by atoms with Crippen molar-refractivity contribution >= 4 is 0 Å². The van der Waals surface area contributed by atoms with E-state index in [-0.39, 0.29) is 6.04 Å². The van der Waals surface area contributed by atoms with Crippen molar-refractivity contribution in [3.63, 3.8) is 0 Å². The number of hydrogen-bond acceptors (Lipinski definition) is 3. The molecule has 1 heterocycles. The lowest BCUT2D eigenvalue weighted by Crippen LogP contribution is -2.47. The Morgan fingerprint density at radius 1 is 1.20 bits per heavy atom. The predicted octanol–water partition coefficient (Wildman–Crippen LogP) is 7.40. The zero-order valence-corrected chi connectivity index (χ0v) is 20.3. The minimum atomic E-state index is 0.0471. The van der Waals surface area contributed by atoms with Crippen molar-refractivity contribution in [3.8, 4) is 0 Å². The van der Waals surface area contributed by atoms with E-state index >= 15 is 0 Å². The molecule has 3 heteroatoms. The lowest BCUT2D eigenvalue weighted by Gasteiger charge is -2.54. The van der Waals surface area contributed by atoms with Crippen LogP contribution in [-0.4, -0.2) is 18.2 Å². The fourth-order valence-electron chi connectivity index (χ4n) is 8.76. The Balaban J connectivity index is 0.00000106. The Labute approximate surface area is 184 Å². The molecule has 4 fully saturated rings. The summed E-state index contributed by atoms with van der Waals surface area (Å²) in [4.78, 5) is 11.1. The molecule has 5 rings (SSSR count). The molecular weight excluding hydrogens is 370 g/mol. The lowest BCUT2D eigenvalue weighted by atomic mass is 9.51. The van der Waals surface area contributed by atoms with Crippen LogP contribution in [0.4, 0.5) is 0 Å². The molecule has 0 bridgehead atoms. The highest BCUT2D eigenvalue weighted by molar-refractivity contribution is 5.21. The first-order chi connectivity index (χ1) is 14.4. The minimum absolute atomic E-state index is 0.0471. The quantitative estimate of drug-likeness (QED) is 0.356. The van der Waals surface area contributed by atoms with Gasteiger partial charge in [0.2, 0.25) is 0 Å². The molecule has 1 aliphatic heterocycles. The van der Waals surface area contributed by atoms with Gasteiger partial charge in [-0.25, -0.2) is 0 Å². The number of nitrogens with zero attached hydrogens (tertiary/aromatic N) is 1. The predicted molar refractivity (Wildman–Crippen MR) is 124 cm³/mol. The van der Waals surface area contributed by atoms with E-state index in [1.807, 2.05) is 13.8 Å². The van der Waals surface area contributed by atoms with Crippen LogP contribution in [0.25, 0.3) is 0 Å². The standard InChI is InChI=1S/C25H39NO2.C2H6/c1-14(2)11-22-15(3)24-23(28-22)13-21-20-7-5-16-12-17(26-27)6-8-18(16)19(20)9-10-25(21,24)4;1-2/h5,14-15,17-24H,6-13H2,1-4H3;1-2H3. The summed E-state index contributed by atoms with van der Waals surface area (Å²) in [5.41, 5.74) is 2.06. The molecule has 4 aliphatic carbocycles. The van der Waals surface area contributed by atoms with Crippen molar-refractivity contribution in [2.45, 2.75) is 111 Å². The van der Waals surface area contributed by atoms with E-state index < -0.39 is 0 Å². The molecule has 10 unspecified atom stereocenters. The number of allylic oxidation sites excluding steroid dienone is 1. The van der Waals surface area contributed by atoms with Crippen molar-refractivity contribution in [1.82, 2.24) is 0 Å². The van der Waals surface area contributed by atoms with Gasteiger partial charge in [-0.05, 0) is 98.2 Å². The van der Waals surface area contributed by atoms with E-state index in [2.05, 4.69) is 38.9 Å². The first-order valence-electron chi connectivity index (χ1n) is 13.1. The fourth-order valence-corrected chi connectivity index (χ4v) is 8.76. The number of nitroso groups, excluding NO2 is 1. The molecule has 0 amide bonds. The topological polar surface area (TPSA) is 38.7 Å². The highest BCUT2D eigenvalue weighted by Gasteiger charge is 2.63. The maximum Gasteiger partial charge on any atom is 0.0957 e. The number of ether oxygens (including phenoxy) is 1. The molecule has 0 aromatic rings. The minimum Gasteiger partial charge on any atom is -0.374 e. The monoisotopic (exact) mass is 415 g/mol. The summed E-state index contributed by atoms with van der Waals surface area (Å²) >= 11 is 0. The van der Waals surface area contributed by atoms with Crippen LogP contribution in [0.2, 0.25) is 0 Å². The molecule has 0 radical (unpaired) electrons. The molecule has 10 atom stereocenters. The first kappa shape index (κ1) is 22.5. The van der Waals surface area contributed by atoms with Crippen molar-refractivity contribution in [2.24, 2.45) is 52.0 Å². The molecule has 1 saturated heterocycles. The summed E-state index contributed by atoms with van der Waals surface area (Å²) < 4.78 is 6.72. The van der Waals surface area contributed by atoms with Crippen LogP contribution in [-0.2, 0) is 4.74 Å². The summed E-state index contributed by atoms with van der Waals surface area (Å²) in [7, 11) is 0. The van der Waals surface area contributed by atoms with Crippen LogP contribution in [0.5, 0.6) is 0 Å². The molecule has 0 aromatic carbocycles. The Hall–Kier alpha value is -0.700. The van der Waals surface area contributed by atoms with Crippen LogP contribution in [0, 0.1) is 51.7 Å². The summed E-state index contributed by atoms with van der Waals surface area (Å²) in [6.45, 7) is 13.8. The molecular formula is C27H45NO2. The van der Waals surface area contributed by atoms with E-state index in [0.29, 0.717) is 23.5 Å². The lowest BCUT2D eigenvalue weighted by molar-refractivity contribution is -0.0294. The Bertz CT molecular complexity index is 657. The summed E-state index contributed by atoms with van der Waals surface area (Å²) in [6, 6.07) is 0.0471. The zero-order chi connectivity index (χ0) is 21.6.